The van der Waals surface area contributed by atoms with Crippen LogP contribution in [0.3, 0.4) is 0 Å². The summed E-state index contributed by atoms with van der Waals surface area (Å²) in [7, 11) is 0. The molecule has 0 heterocycles. The van der Waals surface area contributed by atoms with Gasteiger partial charge < -0.3 is 10.1 Å². The molecule has 106 valence electrons. The van der Waals surface area contributed by atoms with Crippen molar-refractivity contribution in [3.8, 4) is 5.75 Å². The first-order valence-electron chi connectivity index (χ1n) is 7.09. The molecule has 20 heavy (non-hydrogen) atoms. The maximum absolute atomic E-state index is 5.88. The highest BCUT2D eigenvalue weighted by Crippen LogP contribution is 2.16. The van der Waals surface area contributed by atoms with Crippen molar-refractivity contribution in [1.82, 2.24) is 0 Å². The summed E-state index contributed by atoms with van der Waals surface area (Å²) in [6.45, 7) is 9.20. The fourth-order valence-electron chi connectivity index (χ4n) is 2.00. The third kappa shape index (κ3) is 4.02. The van der Waals surface area contributed by atoms with E-state index in [0.717, 1.165) is 18.0 Å². The van der Waals surface area contributed by atoms with Gasteiger partial charge in [-0.25, -0.2) is 0 Å². The number of aryl methyl sites for hydroxylation is 3. The Kier molecular flexibility index (Phi) is 4.67. The van der Waals surface area contributed by atoms with Gasteiger partial charge in [0.15, 0.2) is 0 Å². The fourth-order valence-corrected chi connectivity index (χ4v) is 2.00. The van der Waals surface area contributed by atoms with E-state index in [2.05, 4.69) is 63.3 Å². The molecule has 2 nitrogen and oxygen atoms in total. The SMILES string of the molecule is Cc1ccc(O[C@H](C)CNc2ccc(C)c(C)c2)cc1. The molecule has 0 amide bonds. The molecule has 0 spiro atoms. The second-order valence-corrected chi connectivity index (χ2v) is 5.42. The molecule has 0 aliphatic rings. The van der Waals surface area contributed by atoms with Crippen molar-refractivity contribution in [1.29, 1.82) is 0 Å². The van der Waals surface area contributed by atoms with Crippen LogP contribution in [0.25, 0.3) is 0 Å². The summed E-state index contributed by atoms with van der Waals surface area (Å²) in [4.78, 5) is 0. The number of anilines is 1. The molecule has 0 saturated carbocycles. The van der Waals surface area contributed by atoms with Gasteiger partial charge in [0, 0.05) is 5.69 Å². The van der Waals surface area contributed by atoms with E-state index >= 15 is 0 Å². The Hall–Kier alpha value is -1.96. The van der Waals surface area contributed by atoms with Crippen LogP contribution >= 0.6 is 0 Å². The minimum atomic E-state index is 0.124. The third-order valence-corrected chi connectivity index (χ3v) is 3.46. The Bertz CT molecular complexity index is 560. The van der Waals surface area contributed by atoms with Crippen molar-refractivity contribution in [3.05, 3.63) is 59.2 Å². The van der Waals surface area contributed by atoms with Gasteiger partial charge in [-0.2, -0.15) is 0 Å². The van der Waals surface area contributed by atoms with Crippen LogP contribution in [0.2, 0.25) is 0 Å². The molecular weight excluding hydrogens is 246 g/mol. The van der Waals surface area contributed by atoms with Crippen LogP contribution in [-0.4, -0.2) is 12.6 Å². The van der Waals surface area contributed by atoms with Crippen molar-refractivity contribution in [3.63, 3.8) is 0 Å². The topological polar surface area (TPSA) is 21.3 Å². The number of hydrogen-bond donors (Lipinski definition) is 1. The molecule has 1 N–H and O–H groups in total. The van der Waals surface area contributed by atoms with E-state index in [0.29, 0.717) is 0 Å². The summed E-state index contributed by atoms with van der Waals surface area (Å²) >= 11 is 0. The van der Waals surface area contributed by atoms with E-state index in [1.165, 1.54) is 16.7 Å². The van der Waals surface area contributed by atoms with Gasteiger partial charge in [0.25, 0.3) is 0 Å². The molecule has 2 rings (SSSR count). The molecule has 0 radical (unpaired) electrons. The first-order chi connectivity index (χ1) is 9.54. The lowest BCUT2D eigenvalue weighted by atomic mass is 10.1. The van der Waals surface area contributed by atoms with Crippen LogP contribution in [0.5, 0.6) is 5.75 Å². The van der Waals surface area contributed by atoms with Crippen LogP contribution in [0, 0.1) is 20.8 Å². The number of nitrogens with one attached hydrogen (secondary N) is 1. The molecular formula is C18H23NO. The number of rotatable bonds is 5. The summed E-state index contributed by atoms with van der Waals surface area (Å²) in [5.41, 5.74) is 5.02. The number of benzene rings is 2. The predicted octanol–water partition coefficient (Wildman–Crippen LogP) is 4.49. The van der Waals surface area contributed by atoms with E-state index in [1.807, 2.05) is 12.1 Å². The molecule has 2 heteroatoms. The molecule has 0 aliphatic carbocycles. The average molecular weight is 269 g/mol. The van der Waals surface area contributed by atoms with Crippen molar-refractivity contribution in [2.24, 2.45) is 0 Å². The molecule has 2 aromatic rings. The fraction of sp³-hybridized carbons (Fsp3) is 0.333. The largest absolute Gasteiger partial charge is 0.489 e. The second kappa shape index (κ2) is 6.47. The van der Waals surface area contributed by atoms with Crippen LogP contribution in [0.4, 0.5) is 5.69 Å². The molecule has 0 aromatic heterocycles. The summed E-state index contributed by atoms with van der Waals surface area (Å²) in [5.74, 6) is 0.921. The van der Waals surface area contributed by atoms with Crippen LogP contribution in [0.1, 0.15) is 23.6 Å². The van der Waals surface area contributed by atoms with E-state index in [9.17, 15) is 0 Å². The Morgan fingerprint density at radius 3 is 2.30 bits per heavy atom. The van der Waals surface area contributed by atoms with Gasteiger partial charge in [-0.15, -0.1) is 0 Å². The second-order valence-electron chi connectivity index (χ2n) is 5.42. The lowest BCUT2D eigenvalue weighted by molar-refractivity contribution is 0.234. The van der Waals surface area contributed by atoms with Gasteiger partial charge in [-0.3, -0.25) is 0 Å². The zero-order chi connectivity index (χ0) is 14.5. The summed E-state index contributed by atoms with van der Waals surface area (Å²) in [6, 6.07) is 14.6. The minimum absolute atomic E-state index is 0.124. The normalized spacial score (nSPS) is 12.0. The molecule has 0 saturated heterocycles. The quantitative estimate of drug-likeness (QED) is 0.863. The lowest BCUT2D eigenvalue weighted by Gasteiger charge is -2.17. The van der Waals surface area contributed by atoms with Crippen LogP contribution in [-0.2, 0) is 0 Å². The first kappa shape index (κ1) is 14.4. The zero-order valence-electron chi connectivity index (χ0n) is 12.7. The van der Waals surface area contributed by atoms with Crippen LogP contribution < -0.4 is 10.1 Å². The molecule has 0 aliphatic heterocycles. The molecule has 2 aromatic carbocycles. The van der Waals surface area contributed by atoms with Crippen LogP contribution in [0.15, 0.2) is 42.5 Å². The van der Waals surface area contributed by atoms with Gasteiger partial charge >= 0.3 is 0 Å². The van der Waals surface area contributed by atoms with Gasteiger partial charge in [-0.05, 0) is 63.1 Å². The van der Waals surface area contributed by atoms with Gasteiger partial charge in [0.1, 0.15) is 11.9 Å². The first-order valence-corrected chi connectivity index (χ1v) is 7.09. The van der Waals surface area contributed by atoms with E-state index in [1.54, 1.807) is 0 Å². The smallest absolute Gasteiger partial charge is 0.119 e. The Morgan fingerprint density at radius 2 is 1.65 bits per heavy atom. The van der Waals surface area contributed by atoms with Crippen molar-refractivity contribution < 1.29 is 4.74 Å². The molecule has 0 bridgehead atoms. The highest BCUT2D eigenvalue weighted by atomic mass is 16.5. The highest BCUT2D eigenvalue weighted by molar-refractivity contribution is 5.48. The third-order valence-electron chi connectivity index (χ3n) is 3.46. The summed E-state index contributed by atoms with van der Waals surface area (Å²) in [6.07, 6.45) is 0.124. The van der Waals surface area contributed by atoms with E-state index < -0.39 is 0 Å². The number of ether oxygens (including phenoxy) is 1. The highest BCUT2D eigenvalue weighted by Gasteiger charge is 2.04. The molecule has 0 unspecified atom stereocenters. The minimum Gasteiger partial charge on any atom is -0.489 e. The van der Waals surface area contributed by atoms with Crippen molar-refractivity contribution >= 4 is 5.69 Å². The van der Waals surface area contributed by atoms with Gasteiger partial charge in [0.2, 0.25) is 0 Å². The molecule has 0 fully saturated rings. The van der Waals surface area contributed by atoms with E-state index in [-0.39, 0.29) is 6.10 Å². The summed E-state index contributed by atoms with van der Waals surface area (Å²) < 4.78 is 5.88. The Balaban J connectivity index is 1.86. The predicted molar refractivity (Wildman–Crippen MR) is 85.7 cm³/mol. The van der Waals surface area contributed by atoms with Crippen molar-refractivity contribution in [2.75, 3.05) is 11.9 Å². The standard InChI is InChI=1S/C18H23NO/c1-13-5-9-18(10-6-13)20-16(4)12-19-17-8-7-14(2)15(3)11-17/h5-11,16,19H,12H2,1-4H3/t16-/m1/s1. The summed E-state index contributed by atoms with van der Waals surface area (Å²) in [5, 5.41) is 3.42. The van der Waals surface area contributed by atoms with Crippen molar-refractivity contribution in [2.45, 2.75) is 33.8 Å². The molecule has 1 atom stereocenters. The van der Waals surface area contributed by atoms with E-state index in [4.69, 9.17) is 4.74 Å². The van der Waals surface area contributed by atoms with Gasteiger partial charge in [0.05, 0.1) is 6.54 Å². The Morgan fingerprint density at radius 1 is 0.950 bits per heavy atom. The lowest BCUT2D eigenvalue weighted by Crippen LogP contribution is -2.22. The van der Waals surface area contributed by atoms with Gasteiger partial charge in [-0.1, -0.05) is 23.8 Å². The average Bonchev–Trinajstić information content (AvgIpc) is 2.43. The monoisotopic (exact) mass is 269 g/mol. The number of hydrogen-bond acceptors (Lipinski definition) is 2. The zero-order valence-corrected chi connectivity index (χ0v) is 12.7. The Labute approximate surface area is 121 Å². The maximum atomic E-state index is 5.88. The maximum Gasteiger partial charge on any atom is 0.119 e.